The van der Waals surface area contributed by atoms with Gasteiger partial charge in [0.25, 0.3) is 0 Å². The molecule has 0 aliphatic carbocycles. The molecule has 0 radical (unpaired) electrons. The van der Waals surface area contributed by atoms with Gasteiger partial charge in [0.05, 0.1) is 6.42 Å². The van der Waals surface area contributed by atoms with Crippen LogP contribution in [0.4, 0.5) is 0 Å². The van der Waals surface area contributed by atoms with E-state index in [4.69, 9.17) is 21.1 Å². The quantitative estimate of drug-likeness (QED) is 0.820. The van der Waals surface area contributed by atoms with Crippen LogP contribution in [0.15, 0.2) is 12.1 Å². The van der Waals surface area contributed by atoms with Crippen molar-refractivity contribution in [1.29, 1.82) is 0 Å². The summed E-state index contributed by atoms with van der Waals surface area (Å²) >= 11 is 6.35. The SMILES string of the molecule is CN1CC2CCC1CN(C(=O)Cc1cc3c(cc1Cl)OCCO3)C2. The van der Waals surface area contributed by atoms with E-state index in [-0.39, 0.29) is 5.91 Å². The van der Waals surface area contributed by atoms with Gasteiger partial charge in [0.2, 0.25) is 5.91 Å². The van der Waals surface area contributed by atoms with Gasteiger partial charge in [-0.15, -0.1) is 0 Å². The summed E-state index contributed by atoms with van der Waals surface area (Å²) in [5, 5.41) is 0.572. The Morgan fingerprint density at radius 3 is 2.67 bits per heavy atom. The van der Waals surface area contributed by atoms with Gasteiger partial charge in [-0.05, 0) is 37.4 Å². The van der Waals surface area contributed by atoms with Crippen LogP contribution in [0.1, 0.15) is 18.4 Å². The summed E-state index contributed by atoms with van der Waals surface area (Å²) in [6.07, 6.45) is 2.73. The smallest absolute Gasteiger partial charge is 0.227 e. The number of rotatable bonds is 2. The summed E-state index contributed by atoms with van der Waals surface area (Å²) in [5.74, 6) is 2.09. The van der Waals surface area contributed by atoms with Crippen molar-refractivity contribution in [2.75, 3.05) is 39.9 Å². The minimum absolute atomic E-state index is 0.153. The molecule has 130 valence electrons. The van der Waals surface area contributed by atoms with Gasteiger partial charge in [0, 0.05) is 36.8 Å². The number of piperidine rings is 1. The second-order valence-electron chi connectivity index (χ2n) is 7.10. The van der Waals surface area contributed by atoms with Crippen molar-refractivity contribution in [3.63, 3.8) is 0 Å². The van der Waals surface area contributed by atoms with Gasteiger partial charge in [-0.25, -0.2) is 0 Å². The molecular formula is C18H23ClN2O3. The number of carbonyl (C=O) groups excluding carboxylic acids is 1. The van der Waals surface area contributed by atoms with E-state index in [0.29, 0.717) is 48.1 Å². The molecule has 1 aromatic rings. The summed E-state index contributed by atoms with van der Waals surface area (Å²) in [6, 6.07) is 4.11. The van der Waals surface area contributed by atoms with E-state index in [1.165, 1.54) is 12.8 Å². The number of likely N-dealkylation sites (N-methyl/N-ethyl adjacent to an activating group) is 1. The third-order valence-corrected chi connectivity index (χ3v) is 5.74. The maximum absolute atomic E-state index is 12.8. The fourth-order valence-corrected chi connectivity index (χ4v) is 4.26. The average Bonchev–Trinajstić information content (AvgIpc) is 2.87. The van der Waals surface area contributed by atoms with Crippen LogP contribution in [0.3, 0.4) is 0 Å². The lowest BCUT2D eigenvalue weighted by atomic mass is 9.96. The molecule has 4 aliphatic heterocycles. The molecule has 0 saturated carbocycles. The molecule has 0 spiro atoms. The zero-order valence-electron chi connectivity index (χ0n) is 14.0. The highest BCUT2D eigenvalue weighted by Crippen LogP contribution is 2.36. The Kier molecular flexibility index (Phi) is 4.31. The van der Waals surface area contributed by atoms with Crippen molar-refractivity contribution < 1.29 is 14.3 Å². The molecule has 1 aromatic carbocycles. The van der Waals surface area contributed by atoms with E-state index < -0.39 is 0 Å². The summed E-state index contributed by atoms with van der Waals surface area (Å²) in [6.45, 7) is 3.85. The van der Waals surface area contributed by atoms with E-state index in [2.05, 4.69) is 11.9 Å². The first-order valence-corrected chi connectivity index (χ1v) is 9.04. The molecule has 5 rings (SSSR count). The number of carbonyl (C=O) groups is 1. The molecule has 4 heterocycles. The second kappa shape index (κ2) is 6.45. The number of hydrogen-bond donors (Lipinski definition) is 0. The molecule has 2 bridgehead atoms. The Bertz CT molecular complexity index is 651. The fourth-order valence-electron chi connectivity index (χ4n) is 4.04. The summed E-state index contributed by atoms with van der Waals surface area (Å²) < 4.78 is 11.1. The number of benzene rings is 1. The first-order chi connectivity index (χ1) is 11.6. The monoisotopic (exact) mass is 350 g/mol. The van der Waals surface area contributed by atoms with Crippen LogP contribution < -0.4 is 9.47 Å². The molecule has 0 aromatic heterocycles. The highest BCUT2D eigenvalue weighted by Gasteiger charge is 2.34. The standard InChI is InChI=1S/C18H23ClN2O3/c1-20-9-12-2-3-14(20)11-21(10-12)18(22)7-13-6-16-17(8-15(13)19)24-5-4-23-16/h6,8,12,14H,2-5,7,9-11H2,1H3. The first-order valence-electron chi connectivity index (χ1n) is 8.66. The molecule has 0 N–H and O–H groups in total. The largest absolute Gasteiger partial charge is 0.486 e. The van der Waals surface area contributed by atoms with E-state index in [1.54, 1.807) is 6.07 Å². The summed E-state index contributed by atoms with van der Waals surface area (Å²) in [5.41, 5.74) is 0.816. The van der Waals surface area contributed by atoms with Crippen molar-refractivity contribution in [3.8, 4) is 11.5 Å². The van der Waals surface area contributed by atoms with E-state index in [0.717, 1.165) is 25.2 Å². The molecule has 1 amide bonds. The number of ether oxygens (including phenoxy) is 2. The van der Waals surface area contributed by atoms with Crippen LogP contribution in [-0.2, 0) is 11.2 Å². The average molecular weight is 351 g/mol. The Balaban J connectivity index is 1.50. The fraction of sp³-hybridized carbons (Fsp3) is 0.611. The highest BCUT2D eigenvalue weighted by molar-refractivity contribution is 6.31. The third kappa shape index (κ3) is 3.07. The molecule has 4 aliphatic rings. The van der Waals surface area contributed by atoms with Gasteiger partial charge in [0.1, 0.15) is 13.2 Å². The number of hydrogen-bond acceptors (Lipinski definition) is 4. The Morgan fingerprint density at radius 1 is 1.17 bits per heavy atom. The zero-order chi connectivity index (χ0) is 16.7. The van der Waals surface area contributed by atoms with Gasteiger partial charge >= 0.3 is 0 Å². The first kappa shape index (κ1) is 16.0. The van der Waals surface area contributed by atoms with Gasteiger partial charge in [-0.1, -0.05) is 11.6 Å². The topological polar surface area (TPSA) is 42.0 Å². The van der Waals surface area contributed by atoms with Crippen molar-refractivity contribution in [2.24, 2.45) is 5.92 Å². The highest BCUT2D eigenvalue weighted by atomic mass is 35.5. The van der Waals surface area contributed by atoms with Crippen molar-refractivity contribution >= 4 is 17.5 Å². The van der Waals surface area contributed by atoms with Crippen molar-refractivity contribution in [3.05, 3.63) is 22.7 Å². The van der Waals surface area contributed by atoms with E-state index >= 15 is 0 Å². The lowest BCUT2D eigenvalue weighted by Crippen LogP contribution is -2.42. The Morgan fingerprint density at radius 2 is 1.92 bits per heavy atom. The zero-order valence-corrected chi connectivity index (χ0v) is 14.7. The maximum atomic E-state index is 12.8. The van der Waals surface area contributed by atoms with Crippen molar-refractivity contribution in [1.82, 2.24) is 9.80 Å². The summed E-state index contributed by atoms with van der Waals surface area (Å²) in [7, 11) is 2.17. The second-order valence-corrected chi connectivity index (χ2v) is 7.51. The third-order valence-electron chi connectivity index (χ3n) is 5.39. The van der Waals surface area contributed by atoms with Gasteiger partial charge in [0.15, 0.2) is 11.5 Å². The van der Waals surface area contributed by atoms with Gasteiger partial charge < -0.3 is 19.3 Å². The van der Waals surface area contributed by atoms with Crippen LogP contribution in [0.2, 0.25) is 5.02 Å². The van der Waals surface area contributed by atoms with Crippen molar-refractivity contribution in [2.45, 2.75) is 25.3 Å². The molecule has 6 heteroatoms. The molecule has 24 heavy (non-hydrogen) atoms. The normalized spacial score (nSPS) is 26.3. The van der Waals surface area contributed by atoms with Crippen LogP contribution in [0.25, 0.3) is 0 Å². The van der Waals surface area contributed by atoms with Crippen LogP contribution >= 0.6 is 11.6 Å². The minimum Gasteiger partial charge on any atom is -0.486 e. The Labute approximate surface area is 147 Å². The van der Waals surface area contributed by atoms with Gasteiger partial charge in [-0.3, -0.25) is 4.79 Å². The molecule has 2 unspecified atom stereocenters. The minimum atomic E-state index is 0.153. The molecule has 5 nitrogen and oxygen atoms in total. The number of amides is 1. The number of fused-ring (bicyclic) bond motifs is 5. The Hall–Kier alpha value is -1.46. The van der Waals surface area contributed by atoms with E-state index in [1.807, 2.05) is 11.0 Å². The maximum Gasteiger partial charge on any atom is 0.227 e. The van der Waals surface area contributed by atoms with E-state index in [9.17, 15) is 4.79 Å². The molecule has 2 atom stereocenters. The number of halogens is 1. The molecule has 3 saturated heterocycles. The number of nitrogens with zero attached hydrogens (tertiary/aromatic N) is 2. The van der Waals surface area contributed by atoms with Crippen LogP contribution in [0.5, 0.6) is 11.5 Å². The predicted molar refractivity (Wildman–Crippen MR) is 91.9 cm³/mol. The lowest BCUT2D eigenvalue weighted by molar-refractivity contribution is -0.130. The summed E-state index contributed by atoms with van der Waals surface area (Å²) in [4.78, 5) is 17.3. The van der Waals surface area contributed by atoms with Crippen LogP contribution in [0, 0.1) is 5.92 Å². The lowest BCUT2D eigenvalue weighted by Gasteiger charge is -2.32. The van der Waals surface area contributed by atoms with Gasteiger partial charge in [-0.2, -0.15) is 0 Å². The molecular weight excluding hydrogens is 328 g/mol. The molecule has 3 fully saturated rings. The van der Waals surface area contributed by atoms with Crippen LogP contribution in [-0.4, -0.2) is 61.6 Å². The predicted octanol–water partition coefficient (Wildman–Crippen LogP) is 2.21.